The van der Waals surface area contributed by atoms with Gasteiger partial charge in [-0.2, -0.15) is 12.5 Å². The van der Waals surface area contributed by atoms with E-state index in [0.717, 1.165) is 67.3 Å². The Bertz CT molecular complexity index is 1340. The van der Waals surface area contributed by atoms with Crippen LogP contribution < -0.4 is 5.32 Å². The fourth-order valence-corrected chi connectivity index (χ4v) is 5.86. The highest BCUT2D eigenvalue weighted by Crippen LogP contribution is 2.31. The van der Waals surface area contributed by atoms with Crippen molar-refractivity contribution < 1.29 is 17.9 Å². The smallest absolute Gasteiger partial charge is 0.283 e. The van der Waals surface area contributed by atoms with Crippen LogP contribution in [0.3, 0.4) is 0 Å². The standard InChI is InChI=1S/C25H33N5O4S/c1-25(2,3)24-26-20-15-19(7-8-21(20)29(24)16-17-10-13-34-14-11-17)35(32,33)30-12-9-22(28-30)27-23(31)18-5-4-6-18/h7-9,12,15,17-18H,4-6,10-11,13-14,16H2,1-3H3,(H,27,28,31). The van der Waals surface area contributed by atoms with Crippen LogP contribution in [0.5, 0.6) is 0 Å². The molecule has 1 saturated heterocycles. The van der Waals surface area contributed by atoms with Gasteiger partial charge in [0.25, 0.3) is 10.0 Å². The van der Waals surface area contributed by atoms with Gasteiger partial charge in [0.05, 0.1) is 15.9 Å². The zero-order valence-electron chi connectivity index (χ0n) is 20.5. The average molecular weight is 500 g/mol. The predicted octanol–water partition coefficient (Wildman–Crippen LogP) is 3.93. The number of nitrogens with zero attached hydrogens (tertiary/aromatic N) is 4. The normalized spacial score (nSPS) is 18.0. The molecule has 0 spiro atoms. The van der Waals surface area contributed by atoms with Gasteiger partial charge in [-0.25, -0.2) is 4.98 Å². The molecule has 0 bridgehead atoms. The Morgan fingerprint density at radius 1 is 1.14 bits per heavy atom. The lowest BCUT2D eigenvalue weighted by molar-refractivity contribution is -0.122. The van der Waals surface area contributed by atoms with Gasteiger partial charge in [-0.15, -0.1) is 5.10 Å². The van der Waals surface area contributed by atoms with Crippen LogP contribution in [0.25, 0.3) is 11.0 Å². The molecule has 188 valence electrons. The summed E-state index contributed by atoms with van der Waals surface area (Å²) >= 11 is 0. The summed E-state index contributed by atoms with van der Waals surface area (Å²) in [6, 6.07) is 6.58. The first-order chi connectivity index (χ1) is 16.6. The van der Waals surface area contributed by atoms with Gasteiger partial charge in [0.2, 0.25) is 5.91 Å². The van der Waals surface area contributed by atoms with Crippen LogP contribution in [0, 0.1) is 11.8 Å². The molecule has 0 unspecified atom stereocenters. The van der Waals surface area contributed by atoms with Crippen molar-refractivity contribution in [1.82, 2.24) is 18.7 Å². The van der Waals surface area contributed by atoms with Crippen LogP contribution in [0.1, 0.15) is 58.7 Å². The third-order valence-corrected chi connectivity index (χ3v) is 8.56. The molecule has 2 aliphatic rings. The molecule has 35 heavy (non-hydrogen) atoms. The molecule has 2 fully saturated rings. The fraction of sp³-hybridized carbons (Fsp3) is 0.560. The number of ether oxygens (including phenoxy) is 1. The van der Waals surface area contributed by atoms with Crippen molar-refractivity contribution in [2.45, 2.75) is 69.7 Å². The molecule has 10 heteroatoms. The molecule has 3 aromatic rings. The number of benzene rings is 1. The summed E-state index contributed by atoms with van der Waals surface area (Å²) < 4.78 is 35.3. The second kappa shape index (κ2) is 9.05. The molecule has 0 atom stereocenters. The van der Waals surface area contributed by atoms with E-state index in [-0.39, 0.29) is 28.0 Å². The van der Waals surface area contributed by atoms with Gasteiger partial charge in [0.1, 0.15) is 5.82 Å². The van der Waals surface area contributed by atoms with Crippen LogP contribution in [-0.4, -0.2) is 46.3 Å². The number of aromatic nitrogens is 4. The topological polar surface area (TPSA) is 108 Å². The van der Waals surface area contributed by atoms with Gasteiger partial charge in [-0.05, 0) is 49.8 Å². The van der Waals surface area contributed by atoms with Crippen LogP contribution in [0.15, 0.2) is 35.4 Å². The lowest BCUT2D eigenvalue weighted by Gasteiger charge is -2.26. The number of fused-ring (bicyclic) bond motifs is 1. The van der Waals surface area contributed by atoms with E-state index in [9.17, 15) is 13.2 Å². The number of carbonyl (C=O) groups is 1. The van der Waals surface area contributed by atoms with Crippen LogP contribution >= 0.6 is 0 Å². The van der Waals surface area contributed by atoms with Gasteiger partial charge < -0.3 is 14.6 Å². The minimum Gasteiger partial charge on any atom is -0.381 e. The number of amides is 1. The lowest BCUT2D eigenvalue weighted by Crippen LogP contribution is -2.28. The highest BCUT2D eigenvalue weighted by molar-refractivity contribution is 7.89. The number of imidazole rings is 1. The molecule has 0 radical (unpaired) electrons. The molecule has 2 aromatic heterocycles. The first kappa shape index (κ1) is 24.0. The highest BCUT2D eigenvalue weighted by Gasteiger charge is 2.28. The number of hydrogen-bond acceptors (Lipinski definition) is 6. The first-order valence-electron chi connectivity index (χ1n) is 12.3. The maximum absolute atomic E-state index is 13.3. The zero-order chi connectivity index (χ0) is 24.8. The van der Waals surface area contributed by atoms with Crippen molar-refractivity contribution in [1.29, 1.82) is 0 Å². The second-order valence-electron chi connectivity index (χ2n) is 10.7. The third kappa shape index (κ3) is 4.73. The van der Waals surface area contributed by atoms with Crippen LogP contribution in [-0.2, 0) is 31.5 Å². The van der Waals surface area contributed by atoms with E-state index in [1.165, 1.54) is 12.3 Å². The number of hydrogen-bond donors (Lipinski definition) is 1. The summed E-state index contributed by atoms with van der Waals surface area (Å²) in [5.41, 5.74) is 1.38. The molecule has 1 N–H and O–H groups in total. The SMILES string of the molecule is CC(C)(C)c1nc2cc(S(=O)(=O)n3ccc(NC(=O)C4CCC4)n3)ccc2n1CC1CCOCC1. The van der Waals surface area contributed by atoms with Crippen molar-refractivity contribution in [3.63, 3.8) is 0 Å². The fourth-order valence-electron chi connectivity index (χ4n) is 4.73. The number of anilines is 1. The molecule has 1 aliphatic carbocycles. The van der Waals surface area contributed by atoms with Crippen molar-refractivity contribution in [2.24, 2.45) is 11.8 Å². The van der Waals surface area contributed by atoms with E-state index in [1.54, 1.807) is 12.1 Å². The van der Waals surface area contributed by atoms with Crippen molar-refractivity contribution in [3.8, 4) is 0 Å². The van der Waals surface area contributed by atoms with Gasteiger partial charge in [-0.1, -0.05) is 27.2 Å². The Morgan fingerprint density at radius 2 is 1.89 bits per heavy atom. The van der Waals surface area contributed by atoms with Gasteiger partial charge in [0.15, 0.2) is 5.82 Å². The predicted molar refractivity (Wildman–Crippen MR) is 133 cm³/mol. The van der Waals surface area contributed by atoms with Crippen molar-refractivity contribution >= 4 is 32.8 Å². The lowest BCUT2D eigenvalue weighted by atomic mass is 9.85. The molecule has 1 saturated carbocycles. The largest absolute Gasteiger partial charge is 0.381 e. The molecular weight excluding hydrogens is 466 g/mol. The Labute approximate surface area is 205 Å². The monoisotopic (exact) mass is 499 g/mol. The first-order valence-corrected chi connectivity index (χ1v) is 13.8. The summed E-state index contributed by atoms with van der Waals surface area (Å²) in [7, 11) is -3.94. The second-order valence-corrected chi connectivity index (χ2v) is 12.5. The number of carbonyl (C=O) groups excluding carboxylic acids is 1. The average Bonchev–Trinajstić information content (AvgIpc) is 3.38. The Kier molecular flexibility index (Phi) is 6.21. The van der Waals surface area contributed by atoms with E-state index in [1.807, 2.05) is 6.07 Å². The Hall–Kier alpha value is -2.72. The molecule has 1 aromatic carbocycles. The molecule has 1 amide bonds. The highest BCUT2D eigenvalue weighted by atomic mass is 32.2. The number of nitrogens with one attached hydrogen (secondary N) is 1. The Balaban J connectivity index is 1.45. The summed E-state index contributed by atoms with van der Waals surface area (Å²) in [5, 5.41) is 6.84. The minimum absolute atomic E-state index is 0.00702. The quantitative estimate of drug-likeness (QED) is 0.551. The third-order valence-electron chi connectivity index (χ3n) is 7.01. The summed E-state index contributed by atoms with van der Waals surface area (Å²) in [4.78, 5) is 17.2. The van der Waals surface area contributed by atoms with Crippen molar-refractivity contribution in [2.75, 3.05) is 18.5 Å². The molecule has 5 rings (SSSR count). The minimum atomic E-state index is -3.94. The van der Waals surface area contributed by atoms with Crippen LogP contribution in [0.2, 0.25) is 0 Å². The van der Waals surface area contributed by atoms with E-state index in [4.69, 9.17) is 9.72 Å². The molecular formula is C25H33N5O4S. The van der Waals surface area contributed by atoms with E-state index < -0.39 is 10.0 Å². The molecule has 9 nitrogen and oxygen atoms in total. The summed E-state index contributed by atoms with van der Waals surface area (Å²) in [5.74, 6) is 1.57. The maximum Gasteiger partial charge on any atom is 0.283 e. The van der Waals surface area contributed by atoms with E-state index in [0.29, 0.717) is 11.4 Å². The van der Waals surface area contributed by atoms with Crippen molar-refractivity contribution in [3.05, 3.63) is 36.3 Å². The summed E-state index contributed by atoms with van der Waals surface area (Å²) in [6.07, 6.45) is 6.15. The molecule has 1 aliphatic heterocycles. The van der Waals surface area contributed by atoms with E-state index >= 15 is 0 Å². The number of rotatable bonds is 6. The summed E-state index contributed by atoms with van der Waals surface area (Å²) in [6.45, 7) is 8.75. The maximum atomic E-state index is 13.3. The van der Waals surface area contributed by atoms with Gasteiger partial charge in [-0.3, -0.25) is 4.79 Å². The molecule has 3 heterocycles. The van der Waals surface area contributed by atoms with Gasteiger partial charge in [0, 0.05) is 43.4 Å². The van der Waals surface area contributed by atoms with Crippen LogP contribution in [0.4, 0.5) is 5.82 Å². The van der Waals surface area contributed by atoms with E-state index in [2.05, 4.69) is 35.8 Å². The Morgan fingerprint density at radius 3 is 2.54 bits per heavy atom. The zero-order valence-corrected chi connectivity index (χ0v) is 21.3. The van der Waals surface area contributed by atoms with Gasteiger partial charge >= 0.3 is 0 Å².